The maximum Gasteiger partial charge on any atom is 0.328 e. The van der Waals surface area contributed by atoms with Gasteiger partial charge in [-0.15, -0.1) is 0 Å². The second-order valence-corrected chi connectivity index (χ2v) is 7.27. The molecule has 0 radical (unpaired) electrons. The van der Waals surface area contributed by atoms with Crippen LogP contribution in [0, 0.1) is 5.41 Å². The van der Waals surface area contributed by atoms with Gasteiger partial charge in [-0.1, -0.05) is 40.0 Å². The van der Waals surface area contributed by atoms with E-state index >= 15 is 0 Å². The minimum Gasteiger partial charge on any atom is -0.481 e. The fourth-order valence-electron chi connectivity index (χ4n) is 3.27. The molecule has 0 bridgehead atoms. The van der Waals surface area contributed by atoms with E-state index < -0.39 is 38.6 Å². The molecule has 0 aliphatic rings. The summed E-state index contributed by atoms with van der Waals surface area (Å²) in [6.45, 7) is 5.20. The number of unbranched alkanes of at least 4 members (excludes halogenated alkanes) is 2. The van der Waals surface area contributed by atoms with Crippen LogP contribution in [0.5, 0.6) is 0 Å². The molecule has 0 aromatic heterocycles. The topological polar surface area (TPSA) is 129 Å². The summed E-state index contributed by atoms with van der Waals surface area (Å²) in [5.74, 6) is -3.38. The quantitative estimate of drug-likeness (QED) is 0.390. The molecule has 0 fully saturated rings. The lowest BCUT2D eigenvalue weighted by atomic mass is 9.66. The van der Waals surface area contributed by atoms with E-state index in [1.165, 1.54) is 0 Å². The van der Waals surface area contributed by atoms with E-state index in [0.717, 1.165) is 12.8 Å². The molecule has 3 N–H and O–H groups in total. The van der Waals surface area contributed by atoms with Crippen molar-refractivity contribution in [3.63, 3.8) is 0 Å². The Morgan fingerprint density at radius 3 is 1.77 bits per heavy atom. The highest BCUT2D eigenvalue weighted by atomic mass is 32.2. The van der Waals surface area contributed by atoms with Gasteiger partial charge in [0, 0.05) is 5.41 Å². The van der Waals surface area contributed by atoms with Crippen molar-refractivity contribution in [3.8, 4) is 0 Å². The molecular weight excluding hydrogens is 312 g/mol. The van der Waals surface area contributed by atoms with Crippen LogP contribution in [0.1, 0.15) is 65.7 Å². The first kappa shape index (κ1) is 20.9. The van der Waals surface area contributed by atoms with E-state index in [2.05, 4.69) is 0 Å². The maximum atomic E-state index is 11.9. The van der Waals surface area contributed by atoms with E-state index in [0.29, 0.717) is 6.42 Å². The molecule has 1 unspecified atom stereocenters. The summed E-state index contributed by atoms with van der Waals surface area (Å²) in [6.07, 6.45) is 1.56. The van der Waals surface area contributed by atoms with Gasteiger partial charge in [0.2, 0.25) is 4.75 Å². The van der Waals surface area contributed by atoms with Crippen LogP contribution in [0.2, 0.25) is 0 Å². The average Bonchev–Trinajstić information content (AvgIpc) is 2.40. The first-order valence-corrected chi connectivity index (χ1v) is 8.90. The van der Waals surface area contributed by atoms with Crippen LogP contribution in [0.4, 0.5) is 0 Å². The summed E-state index contributed by atoms with van der Waals surface area (Å²) in [7, 11) is -5.12. The monoisotopic (exact) mass is 338 g/mol. The zero-order chi connectivity index (χ0) is 17.6. The number of hydrogen-bond acceptors (Lipinski definition) is 4. The molecule has 0 heterocycles. The van der Waals surface area contributed by atoms with Crippen molar-refractivity contribution in [1.82, 2.24) is 0 Å². The van der Waals surface area contributed by atoms with Crippen LogP contribution >= 0.6 is 0 Å². The zero-order valence-electron chi connectivity index (χ0n) is 13.3. The normalized spacial score (nSPS) is 15.3. The number of carboxylic acid groups (broad SMARTS) is 2. The van der Waals surface area contributed by atoms with Crippen molar-refractivity contribution in [3.05, 3.63) is 0 Å². The number of hydrogen-bond donors (Lipinski definition) is 3. The Balaban J connectivity index is 6.28. The van der Waals surface area contributed by atoms with Gasteiger partial charge in [0.1, 0.15) is 0 Å². The third-order valence-corrected chi connectivity index (χ3v) is 6.29. The Morgan fingerprint density at radius 1 is 1.00 bits per heavy atom. The minimum atomic E-state index is -5.12. The molecule has 22 heavy (non-hydrogen) atoms. The Bertz CT molecular complexity index is 493. The van der Waals surface area contributed by atoms with E-state index in [4.69, 9.17) is 5.11 Å². The van der Waals surface area contributed by atoms with Gasteiger partial charge in [0.25, 0.3) is 10.1 Å². The Hall–Kier alpha value is -1.15. The van der Waals surface area contributed by atoms with Crippen molar-refractivity contribution in [2.24, 2.45) is 5.41 Å². The summed E-state index contributed by atoms with van der Waals surface area (Å²) in [6, 6.07) is 0. The molecule has 0 aliphatic carbocycles. The molecule has 130 valence electrons. The SMILES string of the molecule is CCCCCC(CC)(CC)C(CC(=O)O)(C(=O)O)S(=O)(=O)O. The lowest BCUT2D eigenvalue weighted by Crippen LogP contribution is -2.60. The molecule has 0 saturated heterocycles. The van der Waals surface area contributed by atoms with Gasteiger partial charge in [-0.05, 0) is 19.3 Å². The van der Waals surface area contributed by atoms with Crippen molar-refractivity contribution < 1.29 is 32.8 Å². The highest BCUT2D eigenvalue weighted by molar-refractivity contribution is 7.88. The number of rotatable bonds is 11. The molecule has 0 aliphatic heterocycles. The molecule has 0 spiro atoms. The van der Waals surface area contributed by atoms with E-state index in [1.807, 2.05) is 6.92 Å². The van der Waals surface area contributed by atoms with Gasteiger partial charge >= 0.3 is 11.9 Å². The predicted molar refractivity (Wildman–Crippen MR) is 81.3 cm³/mol. The van der Waals surface area contributed by atoms with Gasteiger partial charge in [0.15, 0.2) is 0 Å². The van der Waals surface area contributed by atoms with Crippen LogP contribution in [0.25, 0.3) is 0 Å². The lowest BCUT2D eigenvalue weighted by molar-refractivity contribution is -0.152. The van der Waals surface area contributed by atoms with Crippen molar-refractivity contribution in [2.45, 2.75) is 70.5 Å². The molecule has 0 rings (SSSR count). The van der Waals surface area contributed by atoms with E-state index in [1.54, 1.807) is 13.8 Å². The largest absolute Gasteiger partial charge is 0.481 e. The summed E-state index contributed by atoms with van der Waals surface area (Å²) in [4.78, 5) is 22.9. The molecule has 7 nitrogen and oxygen atoms in total. The van der Waals surface area contributed by atoms with Gasteiger partial charge in [-0.25, -0.2) is 0 Å². The Labute approximate surface area is 131 Å². The molecule has 0 amide bonds. The highest BCUT2D eigenvalue weighted by Crippen LogP contribution is 2.49. The van der Waals surface area contributed by atoms with E-state index in [9.17, 15) is 27.7 Å². The lowest BCUT2D eigenvalue weighted by Gasteiger charge is -2.44. The first-order chi connectivity index (χ1) is 10.0. The third kappa shape index (κ3) is 3.78. The van der Waals surface area contributed by atoms with Crippen LogP contribution in [-0.4, -0.2) is 39.9 Å². The van der Waals surface area contributed by atoms with Crippen molar-refractivity contribution in [1.29, 1.82) is 0 Å². The predicted octanol–water partition coefficient (Wildman–Crippen LogP) is 2.56. The summed E-state index contributed by atoms with van der Waals surface area (Å²) in [5.41, 5.74) is -1.33. The fourth-order valence-corrected chi connectivity index (χ4v) is 4.73. The smallest absolute Gasteiger partial charge is 0.328 e. The average molecular weight is 338 g/mol. The standard InChI is InChI=1S/C14H26O7S/c1-4-7-8-9-13(5-2,6-3)14(12(17)18,10-11(15)16)22(19,20)21/h4-10H2,1-3H3,(H,15,16)(H,17,18)(H,19,20,21). The summed E-state index contributed by atoms with van der Waals surface area (Å²) < 4.78 is 30.8. The van der Waals surface area contributed by atoms with Crippen molar-refractivity contribution >= 4 is 22.1 Å². The molecule has 0 saturated carbocycles. The van der Waals surface area contributed by atoms with Crippen LogP contribution in [0.15, 0.2) is 0 Å². The van der Waals surface area contributed by atoms with Gasteiger partial charge in [-0.3, -0.25) is 14.1 Å². The van der Waals surface area contributed by atoms with Crippen molar-refractivity contribution in [2.75, 3.05) is 0 Å². The van der Waals surface area contributed by atoms with Gasteiger partial charge < -0.3 is 10.2 Å². The molecular formula is C14H26O7S. The molecule has 0 aromatic rings. The Kier molecular flexibility index (Phi) is 7.50. The van der Waals surface area contributed by atoms with Crippen LogP contribution in [-0.2, 0) is 19.7 Å². The second kappa shape index (κ2) is 7.92. The summed E-state index contributed by atoms with van der Waals surface area (Å²) in [5, 5.41) is 18.6. The van der Waals surface area contributed by atoms with E-state index in [-0.39, 0.29) is 19.3 Å². The molecule has 0 aromatic carbocycles. The highest BCUT2D eigenvalue weighted by Gasteiger charge is 2.64. The fraction of sp³-hybridized carbons (Fsp3) is 0.857. The summed E-state index contributed by atoms with van der Waals surface area (Å²) >= 11 is 0. The minimum absolute atomic E-state index is 0.145. The maximum absolute atomic E-state index is 11.9. The van der Waals surface area contributed by atoms with Gasteiger partial charge in [0.05, 0.1) is 6.42 Å². The number of aliphatic carboxylic acids is 2. The van der Waals surface area contributed by atoms with Gasteiger partial charge in [-0.2, -0.15) is 8.42 Å². The van der Waals surface area contributed by atoms with Crippen LogP contribution < -0.4 is 0 Å². The number of carboxylic acids is 2. The molecule has 1 atom stereocenters. The Morgan fingerprint density at radius 2 is 1.50 bits per heavy atom. The number of carbonyl (C=O) groups is 2. The zero-order valence-corrected chi connectivity index (χ0v) is 14.1. The molecule has 8 heteroatoms. The first-order valence-electron chi connectivity index (χ1n) is 7.46. The third-order valence-electron chi connectivity index (χ3n) is 4.66. The van der Waals surface area contributed by atoms with Crippen LogP contribution in [0.3, 0.4) is 0 Å². The second-order valence-electron chi connectivity index (χ2n) is 5.62.